The van der Waals surface area contributed by atoms with Crippen molar-refractivity contribution in [2.75, 3.05) is 11.1 Å². The van der Waals surface area contributed by atoms with E-state index in [9.17, 15) is 9.18 Å². The van der Waals surface area contributed by atoms with Crippen molar-refractivity contribution < 1.29 is 9.18 Å². The normalized spacial score (nSPS) is 9.68. The molecule has 0 atom stereocenters. The Hall–Kier alpha value is -2.80. The van der Waals surface area contributed by atoms with E-state index in [1.807, 2.05) is 0 Å². The van der Waals surface area contributed by atoms with Crippen LogP contribution in [0.15, 0.2) is 42.5 Å². The largest absolute Gasteiger partial charge is 0.399 e. The number of benzene rings is 2. The molecule has 2 aromatic rings. The first-order valence-electron chi connectivity index (χ1n) is 5.53. The van der Waals surface area contributed by atoms with Gasteiger partial charge in [0.2, 0.25) is 0 Å². The van der Waals surface area contributed by atoms with Gasteiger partial charge in [-0.15, -0.1) is 6.42 Å². The highest BCUT2D eigenvalue weighted by molar-refractivity contribution is 6.04. The van der Waals surface area contributed by atoms with Gasteiger partial charge in [-0.2, -0.15) is 0 Å². The molecule has 3 nitrogen and oxygen atoms in total. The molecule has 0 aromatic heterocycles. The minimum atomic E-state index is -0.661. The van der Waals surface area contributed by atoms with Gasteiger partial charge in [-0.25, -0.2) is 4.39 Å². The summed E-state index contributed by atoms with van der Waals surface area (Å²) in [5, 5.41) is 2.58. The van der Waals surface area contributed by atoms with E-state index < -0.39 is 11.7 Å². The van der Waals surface area contributed by atoms with E-state index in [4.69, 9.17) is 12.2 Å². The molecule has 1 amide bonds. The van der Waals surface area contributed by atoms with Crippen molar-refractivity contribution in [1.82, 2.24) is 0 Å². The highest BCUT2D eigenvalue weighted by Gasteiger charge is 2.12. The molecule has 2 aromatic carbocycles. The van der Waals surface area contributed by atoms with Gasteiger partial charge in [0.05, 0.1) is 5.56 Å². The fourth-order valence-electron chi connectivity index (χ4n) is 1.60. The number of anilines is 2. The summed E-state index contributed by atoms with van der Waals surface area (Å²) in [6.45, 7) is 0. The van der Waals surface area contributed by atoms with E-state index in [1.54, 1.807) is 24.3 Å². The Balaban J connectivity index is 2.23. The summed E-state index contributed by atoms with van der Waals surface area (Å²) in [4.78, 5) is 11.9. The summed E-state index contributed by atoms with van der Waals surface area (Å²) in [7, 11) is 0. The van der Waals surface area contributed by atoms with Crippen LogP contribution < -0.4 is 11.1 Å². The van der Waals surface area contributed by atoms with E-state index in [-0.39, 0.29) is 11.3 Å². The smallest absolute Gasteiger partial charge is 0.258 e. The third-order valence-corrected chi connectivity index (χ3v) is 2.52. The van der Waals surface area contributed by atoms with Crippen molar-refractivity contribution in [2.45, 2.75) is 0 Å². The molecule has 0 spiro atoms. The van der Waals surface area contributed by atoms with Crippen LogP contribution in [0.4, 0.5) is 15.8 Å². The molecule has 0 aliphatic rings. The van der Waals surface area contributed by atoms with Crippen LogP contribution in [0.1, 0.15) is 15.9 Å². The fourth-order valence-corrected chi connectivity index (χ4v) is 1.60. The SMILES string of the molecule is C#Cc1cccc(NC(=O)c2ccc(N)cc2F)c1. The molecule has 3 N–H and O–H groups in total. The number of amides is 1. The van der Waals surface area contributed by atoms with Crippen molar-refractivity contribution in [3.63, 3.8) is 0 Å². The van der Waals surface area contributed by atoms with Gasteiger partial charge in [-0.1, -0.05) is 12.0 Å². The zero-order valence-electron chi connectivity index (χ0n) is 9.98. The van der Waals surface area contributed by atoms with Gasteiger partial charge in [0, 0.05) is 16.9 Å². The lowest BCUT2D eigenvalue weighted by Gasteiger charge is -2.07. The average Bonchev–Trinajstić information content (AvgIpc) is 2.38. The third-order valence-electron chi connectivity index (χ3n) is 2.52. The van der Waals surface area contributed by atoms with Crippen LogP contribution in [0, 0.1) is 18.2 Å². The van der Waals surface area contributed by atoms with Crippen molar-refractivity contribution in [3.8, 4) is 12.3 Å². The van der Waals surface area contributed by atoms with Gasteiger partial charge in [0.25, 0.3) is 5.91 Å². The van der Waals surface area contributed by atoms with Crippen molar-refractivity contribution in [1.29, 1.82) is 0 Å². The first-order valence-corrected chi connectivity index (χ1v) is 5.53. The summed E-state index contributed by atoms with van der Waals surface area (Å²) in [5.74, 6) is 1.25. The van der Waals surface area contributed by atoms with Crippen LogP contribution in [0.25, 0.3) is 0 Å². The molecule has 0 radical (unpaired) electrons. The van der Waals surface area contributed by atoms with E-state index in [1.165, 1.54) is 12.1 Å². The molecule has 2 rings (SSSR count). The Morgan fingerprint density at radius 2 is 2.05 bits per heavy atom. The molecule has 94 valence electrons. The summed E-state index contributed by atoms with van der Waals surface area (Å²) in [5.41, 5.74) is 6.77. The third kappa shape index (κ3) is 2.90. The summed E-state index contributed by atoms with van der Waals surface area (Å²) in [6, 6.07) is 10.7. The lowest BCUT2D eigenvalue weighted by Crippen LogP contribution is -2.14. The van der Waals surface area contributed by atoms with Crippen LogP contribution in [0.5, 0.6) is 0 Å². The van der Waals surface area contributed by atoms with Gasteiger partial charge in [0.15, 0.2) is 0 Å². The maximum atomic E-state index is 13.6. The Morgan fingerprint density at radius 3 is 2.74 bits per heavy atom. The van der Waals surface area contributed by atoms with Gasteiger partial charge in [-0.05, 0) is 36.4 Å². The molecule has 0 fully saturated rings. The maximum Gasteiger partial charge on any atom is 0.258 e. The van der Waals surface area contributed by atoms with E-state index >= 15 is 0 Å². The minimum absolute atomic E-state index is 0.0692. The summed E-state index contributed by atoms with van der Waals surface area (Å²) >= 11 is 0. The van der Waals surface area contributed by atoms with E-state index in [2.05, 4.69) is 11.2 Å². The number of carbonyl (C=O) groups excluding carboxylic acids is 1. The number of carbonyl (C=O) groups is 1. The second-order valence-electron chi connectivity index (χ2n) is 3.92. The molecule has 0 unspecified atom stereocenters. The number of rotatable bonds is 2. The molecule has 0 bridgehead atoms. The lowest BCUT2D eigenvalue weighted by atomic mass is 10.1. The molecular weight excluding hydrogens is 243 g/mol. The van der Waals surface area contributed by atoms with Gasteiger partial charge in [-0.3, -0.25) is 4.79 Å². The Kier molecular flexibility index (Phi) is 3.48. The van der Waals surface area contributed by atoms with E-state index in [0.717, 1.165) is 6.07 Å². The Bertz CT molecular complexity index is 674. The first kappa shape index (κ1) is 12.7. The fraction of sp³-hybridized carbons (Fsp3) is 0. The monoisotopic (exact) mass is 254 g/mol. The zero-order valence-corrected chi connectivity index (χ0v) is 9.98. The number of hydrogen-bond acceptors (Lipinski definition) is 2. The molecule has 0 saturated carbocycles. The number of halogens is 1. The standard InChI is InChI=1S/C15H11FN2O/c1-2-10-4-3-5-12(8-10)18-15(19)13-7-6-11(17)9-14(13)16/h1,3-9H,17H2,(H,18,19). The number of terminal acetylenes is 1. The Labute approximate surface area is 110 Å². The number of nitrogens with two attached hydrogens (primary N) is 1. The van der Waals surface area contributed by atoms with Gasteiger partial charge >= 0.3 is 0 Å². The quantitative estimate of drug-likeness (QED) is 0.639. The predicted octanol–water partition coefficient (Wildman–Crippen LogP) is 2.64. The molecule has 0 aliphatic carbocycles. The molecular formula is C15H11FN2O. The van der Waals surface area contributed by atoms with Crippen LogP contribution >= 0.6 is 0 Å². The highest BCUT2D eigenvalue weighted by Crippen LogP contribution is 2.15. The first-order chi connectivity index (χ1) is 9.10. The zero-order chi connectivity index (χ0) is 13.8. The van der Waals surface area contributed by atoms with Crippen molar-refractivity contribution >= 4 is 17.3 Å². The predicted molar refractivity (Wildman–Crippen MR) is 73.1 cm³/mol. The lowest BCUT2D eigenvalue weighted by molar-refractivity contribution is 0.102. The highest BCUT2D eigenvalue weighted by atomic mass is 19.1. The molecule has 0 aliphatic heterocycles. The van der Waals surface area contributed by atoms with E-state index in [0.29, 0.717) is 11.3 Å². The van der Waals surface area contributed by atoms with Crippen LogP contribution in [-0.2, 0) is 0 Å². The summed E-state index contributed by atoms with van der Waals surface area (Å²) < 4.78 is 13.6. The average molecular weight is 254 g/mol. The van der Waals surface area contributed by atoms with Crippen molar-refractivity contribution in [2.24, 2.45) is 0 Å². The second kappa shape index (κ2) is 5.23. The molecule has 4 heteroatoms. The Morgan fingerprint density at radius 1 is 1.26 bits per heavy atom. The number of nitrogens with one attached hydrogen (secondary N) is 1. The maximum absolute atomic E-state index is 13.6. The molecule has 0 heterocycles. The summed E-state index contributed by atoms with van der Waals surface area (Å²) in [6.07, 6.45) is 5.26. The van der Waals surface area contributed by atoms with Gasteiger partial charge < -0.3 is 11.1 Å². The topological polar surface area (TPSA) is 55.1 Å². The van der Waals surface area contributed by atoms with Crippen molar-refractivity contribution in [3.05, 3.63) is 59.4 Å². The second-order valence-corrected chi connectivity index (χ2v) is 3.92. The minimum Gasteiger partial charge on any atom is -0.399 e. The van der Waals surface area contributed by atoms with Crippen LogP contribution in [-0.4, -0.2) is 5.91 Å². The van der Waals surface area contributed by atoms with Crippen LogP contribution in [0.3, 0.4) is 0 Å². The van der Waals surface area contributed by atoms with Gasteiger partial charge in [0.1, 0.15) is 5.82 Å². The van der Waals surface area contributed by atoms with Crippen LogP contribution in [0.2, 0.25) is 0 Å². The molecule has 19 heavy (non-hydrogen) atoms. The molecule has 0 saturated heterocycles. The number of nitrogen functional groups attached to an aromatic ring is 1. The number of hydrogen-bond donors (Lipinski definition) is 2.